The number of fused-ring (bicyclic) bond motifs is 6. The molecule has 1 aromatic heterocycles. The zero-order chi connectivity index (χ0) is 24.8. The zero-order valence-electron chi connectivity index (χ0n) is 20.6. The second-order valence-corrected chi connectivity index (χ2v) is 10.2. The quantitative estimate of drug-likeness (QED) is 0.218. The lowest BCUT2D eigenvalue weighted by Gasteiger charge is -2.18. The maximum absolute atomic E-state index is 14.8. The number of hydrogen-bond acceptors (Lipinski definition) is 0. The van der Waals surface area contributed by atoms with E-state index in [1.165, 1.54) is 11.1 Å². The number of pyridine rings is 1. The van der Waals surface area contributed by atoms with E-state index in [9.17, 15) is 13.2 Å². The van der Waals surface area contributed by atoms with Gasteiger partial charge in [0.15, 0.2) is 6.20 Å². The van der Waals surface area contributed by atoms with Crippen LogP contribution in [0.25, 0.3) is 33.5 Å². The Labute approximate surface area is 203 Å². The van der Waals surface area contributed by atoms with Gasteiger partial charge >= 0.3 is 6.18 Å². The van der Waals surface area contributed by atoms with Crippen LogP contribution in [0.3, 0.4) is 0 Å². The molecule has 0 N–H and O–H groups in total. The Hall–Kier alpha value is -3.40. The summed E-state index contributed by atoms with van der Waals surface area (Å²) < 4.78 is 46.3. The Morgan fingerprint density at radius 3 is 2.17 bits per heavy atom. The number of nitrogens with zero attached hydrogens (tertiary/aromatic N) is 1. The first-order chi connectivity index (χ1) is 16.5. The summed E-state index contributed by atoms with van der Waals surface area (Å²) in [4.78, 5) is 0. The molecule has 0 saturated heterocycles. The van der Waals surface area contributed by atoms with E-state index in [0.717, 1.165) is 50.2 Å². The van der Waals surface area contributed by atoms with Crippen molar-refractivity contribution in [3.8, 4) is 33.5 Å². The molecule has 2 aliphatic carbocycles. The van der Waals surface area contributed by atoms with Crippen LogP contribution >= 0.6 is 0 Å². The SMILES string of the molecule is Cc1ccc2c(c1)-c1cc3c(c(C(F)(F)F)c1C2)-c1cc[n+](C)c(-c2cc(C)cc(C)c2C)c1C3. The molecule has 35 heavy (non-hydrogen) atoms. The topological polar surface area (TPSA) is 3.88 Å². The van der Waals surface area contributed by atoms with Gasteiger partial charge in [0.05, 0.1) is 5.56 Å². The Bertz CT molecular complexity index is 1570. The van der Waals surface area contributed by atoms with Crippen molar-refractivity contribution in [3.63, 3.8) is 0 Å². The van der Waals surface area contributed by atoms with Gasteiger partial charge in [-0.2, -0.15) is 13.2 Å². The minimum atomic E-state index is -4.43. The van der Waals surface area contributed by atoms with E-state index in [4.69, 9.17) is 0 Å². The van der Waals surface area contributed by atoms with Gasteiger partial charge in [-0.05, 0) is 96.3 Å². The summed E-state index contributed by atoms with van der Waals surface area (Å²) in [5, 5.41) is 0. The van der Waals surface area contributed by atoms with Crippen molar-refractivity contribution in [1.29, 1.82) is 0 Å². The van der Waals surface area contributed by atoms with Gasteiger partial charge in [0, 0.05) is 23.6 Å². The molecule has 0 amide bonds. The van der Waals surface area contributed by atoms with Crippen LogP contribution in [0.5, 0.6) is 0 Å². The third-order valence-electron chi connectivity index (χ3n) is 7.85. The lowest BCUT2D eigenvalue weighted by atomic mass is 9.90. The maximum atomic E-state index is 14.8. The lowest BCUT2D eigenvalue weighted by Crippen LogP contribution is -2.32. The fourth-order valence-electron chi connectivity index (χ4n) is 6.19. The molecule has 4 aromatic rings. The van der Waals surface area contributed by atoms with Crippen molar-refractivity contribution in [1.82, 2.24) is 0 Å². The van der Waals surface area contributed by atoms with E-state index in [2.05, 4.69) is 37.5 Å². The van der Waals surface area contributed by atoms with Gasteiger partial charge in [-0.25, -0.2) is 4.57 Å². The first-order valence-electron chi connectivity index (χ1n) is 12.0. The molecule has 0 saturated carbocycles. The van der Waals surface area contributed by atoms with Crippen LogP contribution in [0.15, 0.2) is 48.7 Å². The van der Waals surface area contributed by atoms with E-state index in [0.29, 0.717) is 29.5 Å². The van der Waals surface area contributed by atoms with E-state index in [1.807, 2.05) is 50.5 Å². The molecule has 2 aliphatic rings. The normalized spacial score (nSPS) is 13.5. The molecule has 0 atom stereocenters. The second-order valence-electron chi connectivity index (χ2n) is 10.2. The Balaban J connectivity index is 1.65. The van der Waals surface area contributed by atoms with Gasteiger partial charge in [-0.3, -0.25) is 0 Å². The molecular weight excluding hydrogens is 443 g/mol. The number of hydrogen-bond donors (Lipinski definition) is 0. The minimum absolute atomic E-state index is 0.325. The monoisotopic (exact) mass is 470 g/mol. The molecule has 0 fully saturated rings. The summed E-state index contributed by atoms with van der Waals surface area (Å²) in [6, 6.07) is 14.2. The van der Waals surface area contributed by atoms with Crippen LogP contribution in [-0.4, -0.2) is 0 Å². The number of aromatic nitrogens is 1. The lowest BCUT2D eigenvalue weighted by molar-refractivity contribution is -0.660. The Morgan fingerprint density at radius 2 is 1.43 bits per heavy atom. The summed E-state index contributed by atoms with van der Waals surface area (Å²) in [6.45, 7) is 8.25. The highest BCUT2D eigenvalue weighted by Crippen LogP contribution is 2.53. The number of halogens is 3. The molecule has 6 rings (SSSR count). The van der Waals surface area contributed by atoms with Gasteiger partial charge < -0.3 is 0 Å². The average molecular weight is 471 g/mol. The van der Waals surface area contributed by atoms with Crippen molar-refractivity contribution >= 4 is 0 Å². The molecule has 0 unspecified atom stereocenters. The zero-order valence-corrected chi connectivity index (χ0v) is 20.6. The number of alkyl halides is 3. The van der Waals surface area contributed by atoms with Crippen molar-refractivity contribution in [3.05, 3.63) is 98.7 Å². The molecule has 4 heteroatoms. The van der Waals surface area contributed by atoms with E-state index in [-0.39, 0.29) is 0 Å². The number of aryl methyl sites for hydroxylation is 4. The molecule has 0 bridgehead atoms. The summed E-state index contributed by atoms with van der Waals surface area (Å²) in [5.74, 6) is 0. The predicted molar refractivity (Wildman–Crippen MR) is 133 cm³/mol. The molecule has 0 radical (unpaired) electrons. The largest absolute Gasteiger partial charge is 0.417 e. The van der Waals surface area contributed by atoms with Crippen molar-refractivity contribution in [2.24, 2.45) is 7.05 Å². The van der Waals surface area contributed by atoms with Gasteiger partial charge in [0.1, 0.15) is 7.05 Å². The van der Waals surface area contributed by atoms with Crippen LogP contribution in [0, 0.1) is 27.7 Å². The van der Waals surface area contributed by atoms with Crippen molar-refractivity contribution < 1.29 is 17.7 Å². The Morgan fingerprint density at radius 1 is 0.714 bits per heavy atom. The van der Waals surface area contributed by atoms with Gasteiger partial charge in [0.25, 0.3) is 0 Å². The van der Waals surface area contributed by atoms with Crippen LogP contribution in [0.2, 0.25) is 0 Å². The van der Waals surface area contributed by atoms with Gasteiger partial charge in [-0.15, -0.1) is 0 Å². The van der Waals surface area contributed by atoms with E-state index in [1.54, 1.807) is 0 Å². The van der Waals surface area contributed by atoms with Crippen LogP contribution in [0.4, 0.5) is 13.2 Å². The molecular formula is C31H27F3N+. The number of rotatable bonds is 1. The van der Waals surface area contributed by atoms with Gasteiger partial charge in [-0.1, -0.05) is 35.4 Å². The highest BCUT2D eigenvalue weighted by Gasteiger charge is 2.43. The van der Waals surface area contributed by atoms with E-state index < -0.39 is 11.7 Å². The smallest absolute Gasteiger partial charge is 0.201 e. The fourth-order valence-corrected chi connectivity index (χ4v) is 6.19. The first-order valence-corrected chi connectivity index (χ1v) is 12.0. The molecule has 1 heterocycles. The third kappa shape index (κ3) is 3.19. The predicted octanol–water partition coefficient (Wildman–Crippen LogP) is 7.57. The summed E-state index contributed by atoms with van der Waals surface area (Å²) in [7, 11) is 1.99. The second kappa shape index (κ2) is 7.30. The maximum Gasteiger partial charge on any atom is 0.417 e. The number of benzene rings is 3. The molecule has 3 aromatic carbocycles. The molecule has 1 nitrogen and oxygen atoms in total. The molecule has 176 valence electrons. The third-order valence-corrected chi connectivity index (χ3v) is 7.85. The van der Waals surface area contributed by atoms with E-state index >= 15 is 0 Å². The Kier molecular flexibility index (Phi) is 4.61. The highest BCUT2D eigenvalue weighted by molar-refractivity contribution is 5.91. The standard InChI is InChI=1S/C31H27F3N/c1-16-6-7-20-13-26-25(24(20)11-16)14-21-15-27-22(28(21)29(26)31(32,33)34)8-9-35(5)30(27)23-12-17(2)10-18(3)19(23)4/h6-12,14H,13,15H2,1-5H3/q+1. The average Bonchev–Trinajstić information content (AvgIpc) is 3.31. The van der Waals surface area contributed by atoms with Crippen LogP contribution < -0.4 is 4.57 Å². The summed E-state index contributed by atoms with van der Waals surface area (Å²) in [5.41, 5.74) is 12.2. The van der Waals surface area contributed by atoms with Crippen molar-refractivity contribution in [2.75, 3.05) is 0 Å². The highest BCUT2D eigenvalue weighted by atomic mass is 19.4. The van der Waals surface area contributed by atoms with Crippen LogP contribution in [-0.2, 0) is 26.1 Å². The molecule has 0 aliphatic heterocycles. The summed E-state index contributed by atoms with van der Waals surface area (Å²) >= 11 is 0. The molecule has 0 spiro atoms. The van der Waals surface area contributed by atoms with Crippen molar-refractivity contribution in [2.45, 2.75) is 46.7 Å². The van der Waals surface area contributed by atoms with Crippen LogP contribution in [0.1, 0.15) is 50.1 Å². The van der Waals surface area contributed by atoms with Gasteiger partial charge in [0.2, 0.25) is 5.69 Å². The first kappa shape index (κ1) is 22.1. The summed E-state index contributed by atoms with van der Waals surface area (Å²) in [6.07, 6.45) is -1.70. The minimum Gasteiger partial charge on any atom is -0.201 e. The fraction of sp³-hybridized carbons (Fsp3) is 0.258.